The second-order valence-corrected chi connectivity index (χ2v) is 5.67. The topological polar surface area (TPSA) is 85.3 Å². The summed E-state index contributed by atoms with van der Waals surface area (Å²) in [5, 5.41) is 9.68. The highest BCUT2D eigenvalue weighted by Crippen LogP contribution is 2.33. The van der Waals surface area contributed by atoms with Crippen LogP contribution in [0.1, 0.15) is 23.2 Å². The van der Waals surface area contributed by atoms with Gasteiger partial charge in [-0.2, -0.15) is 0 Å². The van der Waals surface area contributed by atoms with E-state index in [-0.39, 0.29) is 12.5 Å². The van der Waals surface area contributed by atoms with Crippen molar-refractivity contribution in [1.82, 2.24) is 4.90 Å². The van der Waals surface area contributed by atoms with E-state index in [2.05, 4.69) is 0 Å². The fourth-order valence-corrected chi connectivity index (χ4v) is 3.00. The van der Waals surface area contributed by atoms with Gasteiger partial charge in [0.25, 0.3) is 5.91 Å². The number of ether oxygens (including phenoxy) is 3. The van der Waals surface area contributed by atoms with E-state index in [4.69, 9.17) is 14.2 Å². The molecule has 1 amide bonds. The molecular weight excluding hydrogens is 314 g/mol. The lowest BCUT2D eigenvalue weighted by Gasteiger charge is -2.34. The lowest BCUT2D eigenvalue weighted by molar-refractivity contribution is -0.151. The highest BCUT2D eigenvalue weighted by atomic mass is 16.5. The van der Waals surface area contributed by atoms with Crippen LogP contribution in [-0.2, 0) is 14.3 Å². The quantitative estimate of drug-likeness (QED) is 0.722. The minimum absolute atomic E-state index is 0.0409. The average molecular weight is 337 g/mol. The fraction of sp³-hybridized carbons (Fsp3) is 0.529. The number of hydrogen-bond acceptors (Lipinski definition) is 5. The summed E-state index contributed by atoms with van der Waals surface area (Å²) < 4.78 is 15.6. The van der Waals surface area contributed by atoms with Gasteiger partial charge in [-0.3, -0.25) is 4.79 Å². The summed E-state index contributed by atoms with van der Waals surface area (Å²) in [6, 6.07) is 6.83. The van der Waals surface area contributed by atoms with Gasteiger partial charge in [0.05, 0.1) is 18.8 Å². The van der Waals surface area contributed by atoms with E-state index in [1.54, 1.807) is 31.4 Å². The number of carbonyl (C=O) groups excluding carboxylic acids is 1. The molecule has 0 radical (unpaired) electrons. The van der Waals surface area contributed by atoms with Crippen LogP contribution in [0, 0.1) is 0 Å². The van der Waals surface area contributed by atoms with Crippen molar-refractivity contribution in [3.63, 3.8) is 0 Å². The van der Waals surface area contributed by atoms with Crippen molar-refractivity contribution in [2.45, 2.75) is 18.4 Å². The fourth-order valence-electron chi connectivity index (χ4n) is 3.00. The zero-order valence-corrected chi connectivity index (χ0v) is 14.0. The lowest BCUT2D eigenvalue weighted by atomic mass is 9.96. The summed E-state index contributed by atoms with van der Waals surface area (Å²) in [5.74, 6) is -0.990. The Labute approximate surface area is 141 Å². The summed E-state index contributed by atoms with van der Waals surface area (Å²) in [7, 11) is 3.00. The predicted molar refractivity (Wildman–Crippen MR) is 86.3 cm³/mol. The molecule has 1 atom stereocenters. The van der Waals surface area contributed by atoms with Crippen molar-refractivity contribution in [2.75, 3.05) is 40.6 Å². The van der Waals surface area contributed by atoms with E-state index in [1.807, 2.05) is 0 Å². The molecule has 1 aromatic carbocycles. The molecule has 1 aliphatic rings. The largest absolute Gasteiger partial charge is 0.490 e. The van der Waals surface area contributed by atoms with Gasteiger partial charge in [-0.25, -0.2) is 4.79 Å². The molecule has 0 aliphatic carbocycles. The Morgan fingerprint density at radius 2 is 1.96 bits per heavy atom. The molecule has 1 heterocycles. The van der Waals surface area contributed by atoms with Crippen LogP contribution in [0.2, 0.25) is 0 Å². The molecule has 2 rings (SSSR count). The maximum atomic E-state index is 13.0. The third-order valence-electron chi connectivity index (χ3n) is 4.18. The third-order valence-corrected chi connectivity index (χ3v) is 4.18. The van der Waals surface area contributed by atoms with Gasteiger partial charge in [-0.05, 0) is 25.0 Å². The van der Waals surface area contributed by atoms with Crippen LogP contribution in [-0.4, -0.2) is 68.0 Å². The molecule has 1 aliphatic heterocycles. The highest BCUT2D eigenvalue weighted by Gasteiger charge is 2.50. The van der Waals surface area contributed by atoms with Gasteiger partial charge in [0.2, 0.25) is 0 Å². The molecule has 1 aromatic rings. The van der Waals surface area contributed by atoms with Gasteiger partial charge in [0.1, 0.15) is 12.4 Å². The molecule has 0 saturated carbocycles. The van der Waals surface area contributed by atoms with Crippen molar-refractivity contribution < 1.29 is 28.9 Å². The number of para-hydroxylation sites is 1. The van der Waals surface area contributed by atoms with Gasteiger partial charge < -0.3 is 24.2 Å². The SMILES string of the molecule is COCCOc1ccccc1C(=O)N1CCCC1(COC)C(=O)O. The number of carboxylic acids is 1. The molecule has 7 heteroatoms. The number of aliphatic carboxylic acids is 1. The molecule has 0 spiro atoms. The number of carbonyl (C=O) groups is 2. The standard InChI is InChI=1S/C17H23NO6/c1-22-10-11-24-14-7-4-3-6-13(14)15(19)18-9-5-8-17(18,12-23-2)16(20)21/h3-4,6-7H,5,8-12H2,1-2H3,(H,20,21). The molecule has 24 heavy (non-hydrogen) atoms. The Morgan fingerprint density at radius 1 is 1.21 bits per heavy atom. The molecule has 7 nitrogen and oxygen atoms in total. The van der Waals surface area contributed by atoms with Crippen LogP contribution < -0.4 is 4.74 Å². The Balaban J connectivity index is 2.29. The van der Waals surface area contributed by atoms with Crippen LogP contribution >= 0.6 is 0 Å². The minimum atomic E-state index is -1.33. The monoisotopic (exact) mass is 337 g/mol. The van der Waals surface area contributed by atoms with Crippen LogP contribution in [0.25, 0.3) is 0 Å². The van der Waals surface area contributed by atoms with Crippen molar-refractivity contribution >= 4 is 11.9 Å². The van der Waals surface area contributed by atoms with Crippen molar-refractivity contribution in [3.05, 3.63) is 29.8 Å². The number of likely N-dealkylation sites (tertiary alicyclic amines) is 1. The number of amides is 1. The van der Waals surface area contributed by atoms with E-state index < -0.39 is 11.5 Å². The van der Waals surface area contributed by atoms with Gasteiger partial charge in [-0.1, -0.05) is 12.1 Å². The van der Waals surface area contributed by atoms with Gasteiger partial charge in [0.15, 0.2) is 5.54 Å². The molecule has 1 N–H and O–H groups in total. The number of benzene rings is 1. The summed E-state index contributed by atoms with van der Waals surface area (Å²) in [4.78, 5) is 26.2. The molecule has 1 saturated heterocycles. The first-order valence-electron chi connectivity index (χ1n) is 7.82. The lowest BCUT2D eigenvalue weighted by Crippen LogP contribution is -2.56. The average Bonchev–Trinajstić information content (AvgIpc) is 3.00. The van der Waals surface area contributed by atoms with Gasteiger partial charge in [0, 0.05) is 20.8 Å². The smallest absolute Gasteiger partial charge is 0.332 e. The summed E-state index contributed by atoms with van der Waals surface area (Å²) in [6.45, 7) is 1.04. The molecule has 1 unspecified atom stereocenters. The summed E-state index contributed by atoms with van der Waals surface area (Å²) in [6.07, 6.45) is 0.989. The number of nitrogens with zero attached hydrogens (tertiary/aromatic N) is 1. The number of carboxylic acid groups (broad SMARTS) is 1. The number of rotatable bonds is 8. The molecule has 0 aromatic heterocycles. The molecule has 1 fully saturated rings. The Morgan fingerprint density at radius 3 is 2.62 bits per heavy atom. The van der Waals surface area contributed by atoms with Crippen LogP contribution in [0.3, 0.4) is 0 Å². The van der Waals surface area contributed by atoms with Gasteiger partial charge in [-0.15, -0.1) is 0 Å². The Bertz CT molecular complexity index is 590. The summed E-state index contributed by atoms with van der Waals surface area (Å²) >= 11 is 0. The number of hydrogen-bond donors (Lipinski definition) is 1. The highest BCUT2D eigenvalue weighted by molar-refractivity contribution is 6.00. The minimum Gasteiger partial charge on any atom is -0.490 e. The van der Waals surface area contributed by atoms with Crippen LogP contribution in [0.15, 0.2) is 24.3 Å². The normalized spacial score (nSPS) is 20.2. The molecule has 0 bridgehead atoms. The van der Waals surface area contributed by atoms with E-state index in [0.717, 1.165) is 0 Å². The summed E-state index contributed by atoms with van der Waals surface area (Å²) in [5.41, 5.74) is -0.983. The second-order valence-electron chi connectivity index (χ2n) is 5.67. The van der Waals surface area contributed by atoms with Crippen molar-refractivity contribution in [1.29, 1.82) is 0 Å². The molecular formula is C17H23NO6. The maximum absolute atomic E-state index is 13.0. The zero-order chi connectivity index (χ0) is 17.6. The number of methoxy groups -OCH3 is 2. The first-order chi connectivity index (χ1) is 11.6. The Kier molecular flexibility index (Phi) is 6.16. The first kappa shape index (κ1) is 18.2. The molecule has 132 valence electrons. The maximum Gasteiger partial charge on any atom is 0.332 e. The van der Waals surface area contributed by atoms with Crippen molar-refractivity contribution in [3.8, 4) is 5.75 Å². The third kappa shape index (κ3) is 3.52. The van der Waals surface area contributed by atoms with Crippen LogP contribution in [0.4, 0.5) is 0 Å². The van der Waals surface area contributed by atoms with E-state index >= 15 is 0 Å². The van der Waals surface area contributed by atoms with Gasteiger partial charge >= 0.3 is 5.97 Å². The van der Waals surface area contributed by atoms with E-state index in [9.17, 15) is 14.7 Å². The van der Waals surface area contributed by atoms with Crippen molar-refractivity contribution in [2.24, 2.45) is 0 Å². The Hall–Kier alpha value is -2.12. The first-order valence-corrected chi connectivity index (χ1v) is 7.82. The van der Waals surface area contributed by atoms with E-state index in [0.29, 0.717) is 43.9 Å². The zero-order valence-electron chi connectivity index (χ0n) is 14.0. The predicted octanol–water partition coefficient (Wildman–Crippen LogP) is 1.42. The van der Waals surface area contributed by atoms with E-state index in [1.165, 1.54) is 12.0 Å². The van der Waals surface area contributed by atoms with Crippen LogP contribution in [0.5, 0.6) is 5.75 Å². The second kappa shape index (κ2) is 8.12.